The average molecular weight is 211 g/mol. The third kappa shape index (κ3) is 2.21. The number of fused-ring (bicyclic) bond motifs is 1. The molecule has 3 nitrogen and oxygen atoms in total. The molecule has 0 aliphatic heterocycles. The number of hydrogen-bond acceptors (Lipinski definition) is 3. The van der Waals surface area contributed by atoms with Crippen molar-refractivity contribution < 1.29 is 61.3 Å². The molecule has 0 unspecified atom stereocenters. The van der Waals surface area contributed by atoms with Gasteiger partial charge in [0, 0.05) is 17.1 Å². The van der Waals surface area contributed by atoms with Crippen LogP contribution in [0.1, 0.15) is 10.4 Å². The molecule has 0 aliphatic carbocycles. The standard InChI is InChI=1S/C10H7NO2.K/c12-10(13)8-5-6-11-9-4-2-1-3-7(8)9;/h1-6H,(H,12,13);/q;+1/p-1. The van der Waals surface area contributed by atoms with Crippen molar-refractivity contribution in [2.24, 2.45) is 0 Å². The number of carboxylic acids is 1. The van der Waals surface area contributed by atoms with Gasteiger partial charge in [0.1, 0.15) is 0 Å². The topological polar surface area (TPSA) is 53.0 Å². The molecule has 2 rings (SSSR count). The molecule has 0 bridgehead atoms. The summed E-state index contributed by atoms with van der Waals surface area (Å²) in [6.07, 6.45) is 1.47. The van der Waals surface area contributed by atoms with Crippen LogP contribution in [0.4, 0.5) is 0 Å². The molecule has 1 aromatic carbocycles. The van der Waals surface area contributed by atoms with Gasteiger partial charge in [0.15, 0.2) is 0 Å². The minimum atomic E-state index is -1.17. The first-order valence-corrected chi connectivity index (χ1v) is 3.84. The molecular weight excluding hydrogens is 205 g/mol. The molecule has 0 amide bonds. The fraction of sp³-hybridized carbons (Fsp3) is 0. The predicted octanol–water partition coefficient (Wildman–Crippen LogP) is -2.40. The van der Waals surface area contributed by atoms with E-state index in [4.69, 9.17) is 0 Å². The van der Waals surface area contributed by atoms with Crippen LogP contribution in [0.15, 0.2) is 36.5 Å². The minimum absolute atomic E-state index is 0. The minimum Gasteiger partial charge on any atom is -0.545 e. The van der Waals surface area contributed by atoms with E-state index < -0.39 is 5.97 Å². The maximum Gasteiger partial charge on any atom is 1.00 e. The van der Waals surface area contributed by atoms with Gasteiger partial charge < -0.3 is 9.90 Å². The van der Waals surface area contributed by atoms with E-state index in [0.29, 0.717) is 10.9 Å². The molecule has 0 fully saturated rings. The summed E-state index contributed by atoms with van der Waals surface area (Å²) in [6, 6.07) is 8.51. The zero-order chi connectivity index (χ0) is 9.26. The molecular formula is C10H6KNO2. The molecule has 0 saturated carbocycles. The molecule has 4 heteroatoms. The normalized spacial score (nSPS) is 9.43. The van der Waals surface area contributed by atoms with E-state index in [1.807, 2.05) is 6.07 Å². The van der Waals surface area contributed by atoms with E-state index in [1.165, 1.54) is 12.3 Å². The summed E-state index contributed by atoms with van der Waals surface area (Å²) in [4.78, 5) is 14.7. The van der Waals surface area contributed by atoms with Crippen molar-refractivity contribution in [1.82, 2.24) is 4.98 Å². The van der Waals surface area contributed by atoms with E-state index >= 15 is 0 Å². The van der Waals surface area contributed by atoms with Gasteiger partial charge in [0.25, 0.3) is 0 Å². The molecule has 0 atom stereocenters. The van der Waals surface area contributed by atoms with Gasteiger partial charge in [-0.05, 0) is 12.1 Å². The second-order valence-corrected chi connectivity index (χ2v) is 2.66. The molecule has 1 aromatic heterocycles. The number of carbonyl (C=O) groups is 1. The quantitative estimate of drug-likeness (QED) is 0.494. The maximum absolute atomic E-state index is 10.7. The van der Waals surface area contributed by atoms with Crippen molar-refractivity contribution in [3.8, 4) is 0 Å². The van der Waals surface area contributed by atoms with Crippen molar-refractivity contribution in [3.63, 3.8) is 0 Å². The first kappa shape index (κ1) is 11.8. The Labute approximate surface area is 124 Å². The molecule has 0 saturated heterocycles. The van der Waals surface area contributed by atoms with Crippen LogP contribution in [-0.4, -0.2) is 11.0 Å². The van der Waals surface area contributed by atoms with Crippen LogP contribution in [0.3, 0.4) is 0 Å². The third-order valence-electron chi connectivity index (χ3n) is 1.87. The molecule has 14 heavy (non-hydrogen) atoms. The molecule has 0 spiro atoms. The third-order valence-corrected chi connectivity index (χ3v) is 1.87. The Balaban J connectivity index is 0.000000980. The number of aromatic carboxylic acids is 1. The van der Waals surface area contributed by atoms with Crippen LogP contribution >= 0.6 is 0 Å². The predicted molar refractivity (Wildman–Crippen MR) is 46.1 cm³/mol. The molecule has 0 aliphatic rings. The van der Waals surface area contributed by atoms with Gasteiger partial charge in [0.05, 0.1) is 11.5 Å². The van der Waals surface area contributed by atoms with E-state index in [1.54, 1.807) is 18.2 Å². The van der Waals surface area contributed by atoms with Gasteiger partial charge in [0.2, 0.25) is 0 Å². The summed E-state index contributed by atoms with van der Waals surface area (Å²) in [5.41, 5.74) is 0.856. The number of carbonyl (C=O) groups excluding carboxylic acids is 1. The van der Waals surface area contributed by atoms with Gasteiger partial charge in [-0.1, -0.05) is 18.2 Å². The number of pyridine rings is 1. The number of nitrogens with zero attached hydrogens (tertiary/aromatic N) is 1. The summed E-state index contributed by atoms with van der Waals surface area (Å²) in [7, 11) is 0. The van der Waals surface area contributed by atoms with Crippen molar-refractivity contribution in [3.05, 3.63) is 42.1 Å². The van der Waals surface area contributed by atoms with Crippen molar-refractivity contribution >= 4 is 16.9 Å². The van der Waals surface area contributed by atoms with Gasteiger partial charge in [-0.2, -0.15) is 0 Å². The summed E-state index contributed by atoms with van der Waals surface area (Å²) in [5, 5.41) is 11.3. The van der Waals surface area contributed by atoms with E-state index in [2.05, 4.69) is 4.98 Å². The molecule has 2 aromatic rings. The molecule has 1 heterocycles. The molecule has 64 valence electrons. The van der Waals surface area contributed by atoms with Crippen LogP contribution in [0.2, 0.25) is 0 Å². The summed E-state index contributed by atoms with van der Waals surface area (Å²) < 4.78 is 0. The maximum atomic E-state index is 10.7. The largest absolute Gasteiger partial charge is 1.00 e. The van der Waals surface area contributed by atoms with Crippen LogP contribution in [0.5, 0.6) is 0 Å². The SMILES string of the molecule is O=C([O-])c1ccnc2ccccc12.[K+]. The summed E-state index contributed by atoms with van der Waals surface area (Å²) in [5.74, 6) is -1.17. The smallest absolute Gasteiger partial charge is 0.545 e. The van der Waals surface area contributed by atoms with Gasteiger partial charge in [-0.15, -0.1) is 0 Å². The van der Waals surface area contributed by atoms with Crippen LogP contribution in [0.25, 0.3) is 10.9 Å². The van der Waals surface area contributed by atoms with E-state index in [-0.39, 0.29) is 56.9 Å². The Morgan fingerprint density at radius 1 is 1.21 bits per heavy atom. The first-order chi connectivity index (χ1) is 6.29. The molecule has 0 radical (unpaired) electrons. The number of carboxylic acid groups (broad SMARTS) is 1. The molecule has 0 N–H and O–H groups in total. The summed E-state index contributed by atoms with van der Waals surface area (Å²) in [6.45, 7) is 0. The number of benzene rings is 1. The number of hydrogen-bond donors (Lipinski definition) is 0. The van der Waals surface area contributed by atoms with E-state index in [0.717, 1.165) is 0 Å². The number of aromatic nitrogens is 1. The van der Waals surface area contributed by atoms with Gasteiger partial charge in [-0.25, -0.2) is 0 Å². The zero-order valence-electron chi connectivity index (χ0n) is 7.73. The number of rotatable bonds is 1. The average Bonchev–Trinajstić information content (AvgIpc) is 2.17. The van der Waals surface area contributed by atoms with Gasteiger partial charge in [-0.3, -0.25) is 4.98 Å². The zero-order valence-corrected chi connectivity index (χ0v) is 10.9. The van der Waals surface area contributed by atoms with Crippen molar-refractivity contribution in [1.29, 1.82) is 0 Å². The number of para-hydroxylation sites is 1. The van der Waals surface area contributed by atoms with Gasteiger partial charge >= 0.3 is 51.4 Å². The Morgan fingerprint density at radius 2 is 1.93 bits per heavy atom. The monoisotopic (exact) mass is 211 g/mol. The van der Waals surface area contributed by atoms with Crippen molar-refractivity contribution in [2.45, 2.75) is 0 Å². The first-order valence-electron chi connectivity index (χ1n) is 3.84. The van der Waals surface area contributed by atoms with Crippen molar-refractivity contribution in [2.75, 3.05) is 0 Å². The fourth-order valence-electron chi connectivity index (χ4n) is 1.27. The van der Waals surface area contributed by atoms with Crippen LogP contribution in [-0.2, 0) is 0 Å². The Kier molecular flexibility index (Phi) is 4.22. The van der Waals surface area contributed by atoms with Crippen LogP contribution < -0.4 is 56.5 Å². The Bertz CT molecular complexity index is 465. The van der Waals surface area contributed by atoms with E-state index in [9.17, 15) is 9.90 Å². The van der Waals surface area contributed by atoms with Crippen LogP contribution in [0, 0.1) is 0 Å². The second kappa shape index (κ2) is 5.00. The Hall–Kier alpha value is -0.264. The second-order valence-electron chi connectivity index (χ2n) is 2.66. The Morgan fingerprint density at radius 3 is 2.64 bits per heavy atom. The fourth-order valence-corrected chi connectivity index (χ4v) is 1.27. The summed E-state index contributed by atoms with van der Waals surface area (Å²) >= 11 is 0.